The maximum Gasteiger partial charge on any atom is 0.338 e. The van der Waals surface area contributed by atoms with Crippen molar-refractivity contribution in [2.24, 2.45) is 0 Å². The quantitative estimate of drug-likeness (QED) is 0.518. The van der Waals surface area contributed by atoms with Gasteiger partial charge in [0, 0.05) is 0 Å². The number of imide groups is 1. The van der Waals surface area contributed by atoms with E-state index in [0.29, 0.717) is 18.5 Å². The van der Waals surface area contributed by atoms with E-state index >= 15 is 0 Å². The molecule has 4 rings (SSSR count). The summed E-state index contributed by atoms with van der Waals surface area (Å²) in [5.74, 6) is -2.32. The number of nitriles is 1. The van der Waals surface area contributed by atoms with Crippen molar-refractivity contribution < 1.29 is 23.9 Å². The topological polar surface area (TPSA) is 117 Å². The number of nitrogens with zero attached hydrogens (tertiary/aromatic N) is 2. The summed E-state index contributed by atoms with van der Waals surface area (Å²) in [5, 5.41) is 12.3. The van der Waals surface area contributed by atoms with Gasteiger partial charge in [0.25, 0.3) is 17.7 Å². The van der Waals surface area contributed by atoms with Gasteiger partial charge < -0.3 is 10.1 Å². The minimum Gasteiger partial charge on any atom is -0.449 e. The third-order valence-corrected chi connectivity index (χ3v) is 6.66. The Morgan fingerprint density at radius 3 is 2.40 bits per heavy atom. The summed E-state index contributed by atoms with van der Waals surface area (Å²) in [5.41, 5.74) is 1.61. The van der Waals surface area contributed by atoms with Gasteiger partial charge in [-0.25, -0.2) is 9.69 Å². The summed E-state index contributed by atoms with van der Waals surface area (Å²) in [7, 11) is 0. The average molecular weight is 474 g/mol. The van der Waals surface area contributed by atoms with E-state index in [1.807, 2.05) is 26.0 Å². The second kappa shape index (κ2) is 9.34. The van der Waals surface area contributed by atoms with E-state index < -0.39 is 35.3 Å². The Morgan fingerprint density at radius 1 is 1.03 bits per heavy atom. The first-order valence-corrected chi connectivity index (χ1v) is 11.7. The summed E-state index contributed by atoms with van der Waals surface area (Å²) >= 11 is 0. The fourth-order valence-electron chi connectivity index (χ4n) is 4.59. The molecular formula is C27H27N3O5. The van der Waals surface area contributed by atoms with Crippen LogP contribution >= 0.6 is 0 Å². The SMILES string of the molecule is Cc1ccc(C)c(N2C(=O)c3ccc(C(=O)O[C@H](C)C(=O)NC4(C#N)CCCCC4)cc3C2=O)c1. The van der Waals surface area contributed by atoms with Gasteiger partial charge in [-0.1, -0.05) is 31.4 Å². The summed E-state index contributed by atoms with van der Waals surface area (Å²) in [6.07, 6.45) is 2.71. The third-order valence-electron chi connectivity index (χ3n) is 6.66. The van der Waals surface area contributed by atoms with Crippen LogP contribution in [-0.2, 0) is 9.53 Å². The van der Waals surface area contributed by atoms with E-state index in [4.69, 9.17) is 4.74 Å². The second-order valence-electron chi connectivity index (χ2n) is 9.29. The predicted octanol–water partition coefficient (Wildman–Crippen LogP) is 3.99. The van der Waals surface area contributed by atoms with Gasteiger partial charge in [0.2, 0.25) is 0 Å². The maximum absolute atomic E-state index is 13.1. The molecule has 1 atom stereocenters. The Labute approximate surface area is 203 Å². The summed E-state index contributed by atoms with van der Waals surface area (Å²) in [6.45, 7) is 5.13. The molecule has 2 aromatic rings. The number of ether oxygens (including phenoxy) is 1. The summed E-state index contributed by atoms with van der Waals surface area (Å²) < 4.78 is 5.33. The number of esters is 1. The monoisotopic (exact) mass is 473 g/mol. The number of amides is 3. The van der Waals surface area contributed by atoms with Crippen LogP contribution in [0.5, 0.6) is 0 Å². The first-order valence-electron chi connectivity index (χ1n) is 11.7. The fourth-order valence-corrected chi connectivity index (χ4v) is 4.59. The van der Waals surface area contributed by atoms with E-state index in [1.54, 1.807) is 6.07 Å². The predicted molar refractivity (Wildman–Crippen MR) is 128 cm³/mol. The Hall–Kier alpha value is -3.99. The lowest BCUT2D eigenvalue weighted by molar-refractivity contribution is -0.130. The van der Waals surface area contributed by atoms with E-state index in [-0.39, 0.29) is 16.7 Å². The largest absolute Gasteiger partial charge is 0.449 e. The molecule has 0 saturated heterocycles. The molecule has 2 aliphatic rings. The highest BCUT2D eigenvalue weighted by molar-refractivity contribution is 6.35. The van der Waals surface area contributed by atoms with Crippen LogP contribution in [0.1, 0.15) is 81.2 Å². The van der Waals surface area contributed by atoms with Gasteiger partial charge in [0.05, 0.1) is 28.4 Å². The second-order valence-corrected chi connectivity index (χ2v) is 9.29. The lowest BCUT2D eigenvalue weighted by atomic mass is 9.83. The van der Waals surface area contributed by atoms with E-state index in [9.17, 15) is 24.4 Å². The molecule has 180 valence electrons. The molecule has 0 aromatic heterocycles. The first-order chi connectivity index (χ1) is 16.7. The lowest BCUT2D eigenvalue weighted by Gasteiger charge is -2.32. The van der Waals surface area contributed by atoms with Crippen LogP contribution in [0, 0.1) is 25.2 Å². The number of carbonyl (C=O) groups excluding carboxylic acids is 4. The Kier molecular flexibility index (Phi) is 6.44. The highest BCUT2D eigenvalue weighted by Gasteiger charge is 2.39. The molecule has 0 radical (unpaired) electrons. The molecule has 2 aromatic carbocycles. The van der Waals surface area contributed by atoms with Gasteiger partial charge in [-0.15, -0.1) is 0 Å². The summed E-state index contributed by atoms with van der Waals surface area (Å²) in [6, 6.07) is 11.9. The molecule has 1 fully saturated rings. The highest BCUT2D eigenvalue weighted by atomic mass is 16.5. The molecule has 1 saturated carbocycles. The van der Waals surface area contributed by atoms with Crippen molar-refractivity contribution in [3.8, 4) is 6.07 Å². The molecular weight excluding hydrogens is 446 g/mol. The summed E-state index contributed by atoms with van der Waals surface area (Å²) in [4.78, 5) is 52.6. The van der Waals surface area contributed by atoms with Gasteiger partial charge >= 0.3 is 5.97 Å². The van der Waals surface area contributed by atoms with Crippen LogP contribution in [0.25, 0.3) is 0 Å². The molecule has 8 nitrogen and oxygen atoms in total. The highest BCUT2D eigenvalue weighted by Crippen LogP contribution is 2.32. The van der Waals surface area contributed by atoms with Crippen molar-refractivity contribution >= 4 is 29.4 Å². The lowest BCUT2D eigenvalue weighted by Crippen LogP contribution is -2.52. The molecule has 0 bridgehead atoms. The minimum absolute atomic E-state index is 0.0556. The zero-order valence-corrected chi connectivity index (χ0v) is 20.0. The standard InChI is InChI=1S/C27H27N3O5/c1-16-7-8-17(2)22(13-16)30-24(32)20-10-9-19(14-21(20)25(30)33)26(34)35-18(3)23(31)29-27(15-28)11-5-4-6-12-27/h7-10,13-14,18H,4-6,11-12H2,1-3H3,(H,29,31)/t18-/m1/s1. The Balaban J connectivity index is 1.50. The van der Waals surface area contributed by atoms with E-state index in [0.717, 1.165) is 35.3 Å². The molecule has 0 unspecified atom stereocenters. The number of hydrogen-bond donors (Lipinski definition) is 1. The first kappa shape index (κ1) is 24.1. The van der Waals surface area contributed by atoms with Crippen molar-refractivity contribution in [1.29, 1.82) is 5.26 Å². The van der Waals surface area contributed by atoms with Crippen molar-refractivity contribution in [3.63, 3.8) is 0 Å². The van der Waals surface area contributed by atoms with Crippen LogP contribution in [-0.4, -0.2) is 35.3 Å². The number of hydrogen-bond acceptors (Lipinski definition) is 6. The molecule has 1 aliphatic carbocycles. The minimum atomic E-state index is -1.13. The maximum atomic E-state index is 13.1. The zero-order chi connectivity index (χ0) is 25.3. The fraction of sp³-hybridized carbons (Fsp3) is 0.370. The van der Waals surface area contributed by atoms with Crippen LogP contribution in [0.2, 0.25) is 0 Å². The number of rotatable bonds is 5. The van der Waals surface area contributed by atoms with Crippen LogP contribution < -0.4 is 10.2 Å². The van der Waals surface area contributed by atoms with E-state index in [2.05, 4.69) is 11.4 Å². The molecule has 1 aliphatic heterocycles. The van der Waals surface area contributed by atoms with Crippen molar-refractivity contribution in [2.45, 2.75) is 64.5 Å². The van der Waals surface area contributed by atoms with Gasteiger partial charge in [0.15, 0.2) is 6.10 Å². The van der Waals surface area contributed by atoms with Crippen LogP contribution in [0.15, 0.2) is 36.4 Å². The Morgan fingerprint density at radius 2 is 1.71 bits per heavy atom. The van der Waals surface area contributed by atoms with Crippen molar-refractivity contribution in [1.82, 2.24) is 5.32 Å². The number of aryl methyl sites for hydroxylation is 2. The van der Waals surface area contributed by atoms with Crippen molar-refractivity contribution in [3.05, 3.63) is 64.2 Å². The van der Waals surface area contributed by atoms with Crippen molar-refractivity contribution in [2.75, 3.05) is 4.90 Å². The average Bonchev–Trinajstić information content (AvgIpc) is 3.10. The van der Waals surface area contributed by atoms with Gasteiger partial charge in [-0.3, -0.25) is 14.4 Å². The normalized spacial score (nSPS) is 17.4. The number of anilines is 1. The van der Waals surface area contributed by atoms with Crippen LogP contribution in [0.4, 0.5) is 5.69 Å². The molecule has 8 heteroatoms. The van der Waals surface area contributed by atoms with Crippen LogP contribution in [0.3, 0.4) is 0 Å². The zero-order valence-electron chi connectivity index (χ0n) is 20.0. The molecule has 35 heavy (non-hydrogen) atoms. The van der Waals surface area contributed by atoms with Gasteiger partial charge in [0.1, 0.15) is 5.54 Å². The molecule has 1 N–H and O–H groups in total. The smallest absolute Gasteiger partial charge is 0.338 e. The number of fused-ring (bicyclic) bond motifs is 1. The number of nitrogens with one attached hydrogen (secondary N) is 1. The molecule has 0 spiro atoms. The third kappa shape index (κ3) is 4.54. The molecule has 1 heterocycles. The van der Waals surface area contributed by atoms with E-state index in [1.165, 1.54) is 25.1 Å². The Bertz CT molecular complexity index is 1270. The number of carbonyl (C=O) groups is 4. The van der Waals surface area contributed by atoms with Gasteiger partial charge in [-0.2, -0.15) is 5.26 Å². The van der Waals surface area contributed by atoms with Gasteiger partial charge in [-0.05, 0) is 69.0 Å². The number of benzene rings is 2. The molecule has 3 amide bonds.